The quantitative estimate of drug-likeness (QED) is 0.327. The van der Waals surface area contributed by atoms with Crippen LogP contribution in [0.4, 0.5) is 16.2 Å². The highest BCUT2D eigenvalue weighted by Gasteiger charge is 2.36. The number of rotatable bonds is 9. The second-order valence-electron chi connectivity index (χ2n) is 10.5. The number of anilines is 2. The predicted molar refractivity (Wildman–Crippen MR) is 159 cm³/mol. The van der Waals surface area contributed by atoms with Crippen molar-refractivity contribution >= 4 is 33.3 Å². The van der Waals surface area contributed by atoms with Crippen molar-refractivity contribution in [1.29, 1.82) is 0 Å². The molecule has 4 rings (SSSR count). The summed E-state index contributed by atoms with van der Waals surface area (Å²) in [7, 11) is -0.964. The molecule has 1 aliphatic rings. The number of nitrogens with one attached hydrogen (secondary N) is 2. The average molecular weight is 616 g/mol. The molecule has 0 saturated heterocycles. The lowest BCUT2D eigenvalue weighted by Gasteiger charge is -2.38. The van der Waals surface area contributed by atoms with E-state index >= 15 is 0 Å². The maximum atomic E-state index is 13.7. The Morgan fingerprint density at radius 2 is 1.91 bits per heavy atom. The zero-order valence-electron chi connectivity index (χ0n) is 24.9. The highest BCUT2D eigenvalue weighted by atomic mass is 32.2. The van der Waals surface area contributed by atoms with Crippen LogP contribution in [0, 0.1) is 19.8 Å². The number of methoxy groups -OCH3 is 1. The van der Waals surface area contributed by atoms with Gasteiger partial charge >= 0.3 is 6.03 Å². The largest absolute Gasteiger partial charge is 0.497 e. The number of sulfonamides is 1. The summed E-state index contributed by atoms with van der Waals surface area (Å²) >= 11 is 0. The van der Waals surface area contributed by atoms with Gasteiger partial charge in [0.05, 0.1) is 42.4 Å². The van der Waals surface area contributed by atoms with E-state index in [2.05, 4.69) is 15.8 Å². The molecule has 1 aromatic heterocycles. The molecular weight excluding hydrogens is 578 g/mol. The summed E-state index contributed by atoms with van der Waals surface area (Å²) in [4.78, 5) is 28.3. The second kappa shape index (κ2) is 13.0. The molecule has 0 bridgehead atoms. The molecule has 3 N–H and O–H groups in total. The van der Waals surface area contributed by atoms with Gasteiger partial charge in [0.15, 0.2) is 11.5 Å². The van der Waals surface area contributed by atoms with Gasteiger partial charge in [0, 0.05) is 19.5 Å². The summed E-state index contributed by atoms with van der Waals surface area (Å²) in [6, 6.07) is 9.67. The van der Waals surface area contributed by atoms with E-state index in [1.54, 1.807) is 51.1 Å². The number of nitrogens with zero attached hydrogens (tertiary/aromatic N) is 3. The third-order valence-electron chi connectivity index (χ3n) is 7.42. The van der Waals surface area contributed by atoms with E-state index in [9.17, 15) is 23.1 Å². The molecule has 0 radical (unpaired) electrons. The third-order valence-corrected chi connectivity index (χ3v) is 9.25. The minimum atomic E-state index is -3.91. The molecule has 3 aromatic rings. The molecule has 0 unspecified atom stereocenters. The standard InChI is InChI=1S/C29H37N5O8S/c1-17-14-34(18(2)16-35)28(36)23-8-7-9-24(30-29(37)31-26-19(3)32-42-20(26)4)27(23)41-25(17)15-33(5)43(38,39)22-12-10-21(40-6)11-13-22/h7-13,17-18,25,35H,14-16H2,1-6H3,(H2,30,31,37)/t17-,18+,25+/m1/s1. The normalized spacial score (nSPS) is 17.9. The van der Waals surface area contributed by atoms with Crippen LogP contribution in [0.3, 0.4) is 0 Å². The summed E-state index contributed by atoms with van der Waals surface area (Å²) in [5, 5.41) is 19.2. The fourth-order valence-corrected chi connectivity index (χ4v) is 5.95. The summed E-state index contributed by atoms with van der Waals surface area (Å²) in [6.45, 7) is 6.77. The molecule has 2 heterocycles. The number of fused-ring (bicyclic) bond motifs is 1. The predicted octanol–water partition coefficient (Wildman–Crippen LogP) is 3.48. The number of aliphatic hydroxyl groups is 1. The maximum Gasteiger partial charge on any atom is 0.323 e. The molecule has 1 aliphatic heterocycles. The molecule has 0 saturated carbocycles. The second-order valence-corrected chi connectivity index (χ2v) is 12.6. The van der Waals surface area contributed by atoms with Gasteiger partial charge in [0.2, 0.25) is 10.0 Å². The third kappa shape index (κ3) is 6.76. The first-order chi connectivity index (χ1) is 20.4. The number of aryl methyl sites for hydroxylation is 2. The molecular formula is C29H37N5O8S. The van der Waals surface area contributed by atoms with Crippen LogP contribution >= 0.6 is 0 Å². The zero-order chi connectivity index (χ0) is 31.5. The minimum Gasteiger partial charge on any atom is -0.497 e. The van der Waals surface area contributed by atoms with Crippen molar-refractivity contribution in [2.45, 2.75) is 44.7 Å². The van der Waals surface area contributed by atoms with Gasteiger partial charge in [-0.1, -0.05) is 18.1 Å². The number of aromatic nitrogens is 1. The summed E-state index contributed by atoms with van der Waals surface area (Å²) < 4.78 is 44.8. The Kier molecular flexibility index (Phi) is 9.62. The smallest absolute Gasteiger partial charge is 0.323 e. The van der Waals surface area contributed by atoms with Gasteiger partial charge in [-0.3, -0.25) is 4.79 Å². The van der Waals surface area contributed by atoms with Gasteiger partial charge in [-0.2, -0.15) is 4.31 Å². The highest BCUT2D eigenvalue weighted by molar-refractivity contribution is 7.89. The van der Waals surface area contributed by atoms with Gasteiger partial charge in [0.1, 0.15) is 23.2 Å². The lowest BCUT2D eigenvalue weighted by atomic mass is 9.99. The first-order valence-electron chi connectivity index (χ1n) is 13.7. The van der Waals surface area contributed by atoms with Crippen molar-refractivity contribution in [1.82, 2.24) is 14.4 Å². The Hall–Kier alpha value is -4.14. The van der Waals surface area contributed by atoms with E-state index < -0.39 is 34.1 Å². The fraction of sp³-hybridized carbons (Fsp3) is 0.414. The fourth-order valence-electron chi connectivity index (χ4n) is 4.77. The lowest BCUT2D eigenvalue weighted by molar-refractivity contribution is 0.0389. The number of hydrogen-bond acceptors (Lipinski definition) is 9. The Bertz CT molecular complexity index is 1550. The number of para-hydroxylation sites is 1. The SMILES string of the molecule is COc1ccc(S(=O)(=O)N(C)C[C@@H]2Oc3c(NC(=O)Nc4c(C)noc4C)cccc3C(=O)N([C@@H](C)CO)C[C@H]2C)cc1. The number of carbonyl (C=O) groups excluding carboxylic acids is 2. The van der Waals surface area contributed by atoms with Crippen molar-refractivity contribution in [3.8, 4) is 11.5 Å². The molecule has 0 spiro atoms. The van der Waals surface area contributed by atoms with Gasteiger partial charge < -0.3 is 34.6 Å². The number of urea groups is 1. The van der Waals surface area contributed by atoms with Crippen LogP contribution in [0.5, 0.6) is 11.5 Å². The van der Waals surface area contributed by atoms with E-state index in [4.69, 9.17) is 14.0 Å². The van der Waals surface area contributed by atoms with E-state index in [0.717, 1.165) is 0 Å². The molecule has 232 valence electrons. The number of hydrogen-bond donors (Lipinski definition) is 3. The first kappa shape index (κ1) is 31.8. The summed E-state index contributed by atoms with van der Waals surface area (Å²) in [5.74, 6) is 0.269. The van der Waals surface area contributed by atoms with Gasteiger partial charge in [-0.15, -0.1) is 0 Å². The number of ether oxygens (including phenoxy) is 2. The Balaban J connectivity index is 1.69. The van der Waals surface area contributed by atoms with Crippen molar-refractivity contribution in [3.63, 3.8) is 0 Å². The van der Waals surface area contributed by atoms with E-state index in [-0.39, 0.29) is 47.5 Å². The molecule has 0 aliphatic carbocycles. The van der Waals surface area contributed by atoms with E-state index in [1.165, 1.54) is 35.5 Å². The van der Waals surface area contributed by atoms with Crippen LogP contribution in [0.25, 0.3) is 0 Å². The van der Waals surface area contributed by atoms with Crippen molar-refractivity contribution < 1.29 is 37.1 Å². The topological polar surface area (TPSA) is 164 Å². The molecule has 2 aromatic carbocycles. The van der Waals surface area contributed by atoms with Crippen LogP contribution < -0.4 is 20.1 Å². The van der Waals surface area contributed by atoms with E-state index in [1.807, 2.05) is 6.92 Å². The zero-order valence-corrected chi connectivity index (χ0v) is 25.8. The van der Waals surface area contributed by atoms with Crippen molar-refractivity contribution in [2.75, 3.05) is 44.5 Å². The monoisotopic (exact) mass is 615 g/mol. The summed E-state index contributed by atoms with van der Waals surface area (Å²) in [5.41, 5.74) is 1.26. The molecule has 3 amide bonds. The van der Waals surface area contributed by atoms with Gasteiger partial charge in [-0.25, -0.2) is 13.2 Å². The van der Waals surface area contributed by atoms with Crippen LogP contribution in [0.15, 0.2) is 51.9 Å². The van der Waals surface area contributed by atoms with Crippen LogP contribution in [0.2, 0.25) is 0 Å². The van der Waals surface area contributed by atoms with Crippen LogP contribution in [-0.2, 0) is 10.0 Å². The van der Waals surface area contributed by atoms with Crippen molar-refractivity contribution in [2.24, 2.45) is 5.92 Å². The number of carbonyl (C=O) groups is 2. The Morgan fingerprint density at radius 3 is 2.51 bits per heavy atom. The maximum absolute atomic E-state index is 13.7. The number of likely N-dealkylation sites (N-methyl/N-ethyl adjacent to an activating group) is 1. The number of benzene rings is 2. The highest BCUT2D eigenvalue weighted by Crippen LogP contribution is 2.35. The molecule has 14 heteroatoms. The molecule has 3 atom stereocenters. The van der Waals surface area contributed by atoms with E-state index in [0.29, 0.717) is 22.9 Å². The molecule has 13 nitrogen and oxygen atoms in total. The van der Waals surface area contributed by atoms with Gasteiger partial charge in [0.25, 0.3) is 5.91 Å². The first-order valence-corrected chi connectivity index (χ1v) is 15.1. The number of aliphatic hydroxyl groups excluding tert-OH is 1. The van der Waals surface area contributed by atoms with Crippen LogP contribution in [0.1, 0.15) is 35.7 Å². The van der Waals surface area contributed by atoms with Crippen molar-refractivity contribution in [3.05, 3.63) is 59.5 Å². The van der Waals surface area contributed by atoms with Gasteiger partial charge in [-0.05, 0) is 57.2 Å². The summed E-state index contributed by atoms with van der Waals surface area (Å²) in [6.07, 6.45) is -0.744. The average Bonchev–Trinajstić information content (AvgIpc) is 3.30. The minimum absolute atomic E-state index is 0.0654. The lowest BCUT2D eigenvalue weighted by Crippen LogP contribution is -2.50. The molecule has 43 heavy (non-hydrogen) atoms. The molecule has 0 fully saturated rings. The van der Waals surface area contributed by atoms with Crippen LogP contribution in [-0.4, -0.2) is 85.8 Å². The Morgan fingerprint density at radius 1 is 1.21 bits per heavy atom. The number of amides is 3. The Labute approximate surface area is 250 Å².